The van der Waals surface area contributed by atoms with Gasteiger partial charge in [-0.25, -0.2) is 9.18 Å². The highest BCUT2D eigenvalue weighted by atomic mass is 79.9. The van der Waals surface area contributed by atoms with E-state index >= 15 is 0 Å². The van der Waals surface area contributed by atoms with Crippen LogP contribution in [0.15, 0.2) is 34.8 Å². The quantitative estimate of drug-likeness (QED) is 0.684. The van der Waals surface area contributed by atoms with Crippen molar-refractivity contribution in [1.29, 1.82) is 0 Å². The molecule has 2 aromatic rings. The molecule has 25 heavy (non-hydrogen) atoms. The minimum absolute atomic E-state index is 0.145. The van der Waals surface area contributed by atoms with Gasteiger partial charge in [-0.1, -0.05) is 0 Å². The van der Waals surface area contributed by atoms with Gasteiger partial charge in [0.25, 0.3) is 0 Å². The number of ether oxygens (including phenoxy) is 3. The maximum atomic E-state index is 14.3. The molecule has 0 bridgehead atoms. The summed E-state index contributed by atoms with van der Waals surface area (Å²) in [6.45, 7) is 2.26. The first-order valence-electron chi connectivity index (χ1n) is 7.61. The highest BCUT2D eigenvalue weighted by molar-refractivity contribution is 9.10. The monoisotopic (exact) mass is 411 g/mol. The van der Waals surface area contributed by atoms with Crippen LogP contribution >= 0.6 is 15.9 Å². The Morgan fingerprint density at radius 3 is 2.60 bits per heavy atom. The predicted molar refractivity (Wildman–Crippen MR) is 96.9 cm³/mol. The lowest BCUT2D eigenvalue weighted by molar-refractivity contribution is 0.0524. The fraction of sp³-hybridized carbons (Fsp3) is 0.278. The van der Waals surface area contributed by atoms with Crippen LogP contribution < -0.4 is 14.8 Å². The first kappa shape index (κ1) is 19.1. The number of hydrogen-bond acceptors (Lipinski definition) is 5. The highest BCUT2D eigenvalue weighted by Gasteiger charge is 2.16. The van der Waals surface area contributed by atoms with E-state index in [0.717, 1.165) is 11.6 Å². The molecule has 0 fully saturated rings. The van der Waals surface area contributed by atoms with Crippen LogP contribution in [0.1, 0.15) is 22.8 Å². The summed E-state index contributed by atoms with van der Waals surface area (Å²) in [7, 11) is 3.13. The van der Waals surface area contributed by atoms with Gasteiger partial charge in [-0.15, -0.1) is 0 Å². The molecule has 5 nitrogen and oxygen atoms in total. The fourth-order valence-corrected chi connectivity index (χ4v) is 2.74. The Bertz CT molecular complexity index is 767. The van der Waals surface area contributed by atoms with E-state index in [0.29, 0.717) is 22.5 Å². The second-order valence-corrected chi connectivity index (χ2v) is 5.92. The van der Waals surface area contributed by atoms with Gasteiger partial charge in [0.05, 0.1) is 32.1 Å². The molecule has 0 amide bonds. The van der Waals surface area contributed by atoms with Crippen molar-refractivity contribution in [3.63, 3.8) is 0 Å². The van der Waals surface area contributed by atoms with Crippen molar-refractivity contribution in [1.82, 2.24) is 0 Å². The molecule has 2 aromatic carbocycles. The molecule has 0 saturated heterocycles. The van der Waals surface area contributed by atoms with Crippen molar-refractivity contribution in [2.24, 2.45) is 0 Å². The number of benzene rings is 2. The van der Waals surface area contributed by atoms with Gasteiger partial charge < -0.3 is 19.5 Å². The summed E-state index contributed by atoms with van der Waals surface area (Å²) in [5, 5.41) is 3.00. The number of carbonyl (C=O) groups excluding carboxylic acids is 1. The molecular weight excluding hydrogens is 393 g/mol. The van der Waals surface area contributed by atoms with E-state index in [-0.39, 0.29) is 17.9 Å². The predicted octanol–water partition coefficient (Wildman–Crippen LogP) is 4.39. The fourth-order valence-electron chi connectivity index (χ4n) is 2.24. The Morgan fingerprint density at radius 2 is 1.96 bits per heavy atom. The molecule has 0 heterocycles. The van der Waals surface area contributed by atoms with Gasteiger partial charge in [-0.05, 0) is 47.1 Å². The maximum Gasteiger partial charge on any atom is 0.339 e. The van der Waals surface area contributed by atoms with E-state index < -0.39 is 11.8 Å². The minimum atomic E-state index is -0.573. The van der Waals surface area contributed by atoms with Crippen molar-refractivity contribution >= 4 is 27.6 Å². The normalized spacial score (nSPS) is 10.3. The summed E-state index contributed by atoms with van der Waals surface area (Å²) >= 11 is 3.28. The summed E-state index contributed by atoms with van der Waals surface area (Å²) in [5.41, 5.74) is 1.25. The van der Waals surface area contributed by atoms with Gasteiger partial charge >= 0.3 is 5.97 Å². The van der Waals surface area contributed by atoms with E-state index in [9.17, 15) is 9.18 Å². The number of hydrogen-bond donors (Lipinski definition) is 1. The van der Waals surface area contributed by atoms with Gasteiger partial charge in [0.15, 0.2) is 0 Å². The molecule has 0 spiro atoms. The molecule has 0 aliphatic carbocycles. The summed E-state index contributed by atoms with van der Waals surface area (Å²) in [6.07, 6.45) is 0. The van der Waals surface area contributed by atoms with Crippen LogP contribution in [0.2, 0.25) is 0 Å². The zero-order valence-electron chi connectivity index (χ0n) is 14.2. The molecule has 0 unspecified atom stereocenters. The number of halogens is 2. The molecule has 0 atom stereocenters. The summed E-state index contributed by atoms with van der Waals surface area (Å²) in [5.74, 6) is 0.193. The van der Waals surface area contributed by atoms with Crippen LogP contribution in [-0.2, 0) is 11.3 Å². The highest BCUT2D eigenvalue weighted by Crippen LogP contribution is 2.28. The Balaban J connectivity index is 2.19. The maximum absolute atomic E-state index is 14.3. The van der Waals surface area contributed by atoms with Gasteiger partial charge in [-0.3, -0.25) is 0 Å². The van der Waals surface area contributed by atoms with Crippen LogP contribution in [0.4, 0.5) is 10.1 Å². The molecule has 1 N–H and O–H groups in total. The van der Waals surface area contributed by atoms with E-state index in [1.807, 2.05) is 6.07 Å². The average molecular weight is 412 g/mol. The van der Waals surface area contributed by atoms with Gasteiger partial charge in [0, 0.05) is 22.6 Å². The second kappa shape index (κ2) is 8.71. The van der Waals surface area contributed by atoms with Gasteiger partial charge in [-0.2, -0.15) is 0 Å². The molecule has 0 radical (unpaired) electrons. The molecule has 7 heteroatoms. The lowest BCUT2D eigenvalue weighted by Crippen LogP contribution is -2.08. The van der Waals surface area contributed by atoms with Crippen molar-refractivity contribution in [3.05, 3.63) is 51.7 Å². The third-order valence-corrected chi connectivity index (χ3v) is 4.17. The third kappa shape index (κ3) is 4.63. The number of carbonyl (C=O) groups is 1. The number of anilines is 1. The van der Waals surface area contributed by atoms with E-state index in [2.05, 4.69) is 21.2 Å². The smallest absolute Gasteiger partial charge is 0.339 e. The molecular formula is C18H19BrFNO4. The largest absolute Gasteiger partial charge is 0.497 e. The lowest BCUT2D eigenvalue weighted by Gasteiger charge is -2.13. The molecule has 0 aliphatic heterocycles. The van der Waals surface area contributed by atoms with Crippen LogP contribution in [-0.4, -0.2) is 26.8 Å². The van der Waals surface area contributed by atoms with Gasteiger partial charge in [0.2, 0.25) is 0 Å². The van der Waals surface area contributed by atoms with Crippen molar-refractivity contribution in [2.75, 3.05) is 26.1 Å². The Labute approximate surface area is 154 Å². The van der Waals surface area contributed by atoms with Crippen molar-refractivity contribution in [2.45, 2.75) is 13.5 Å². The van der Waals surface area contributed by atoms with E-state index in [1.54, 1.807) is 33.3 Å². The number of nitrogens with one attached hydrogen (secondary N) is 1. The van der Waals surface area contributed by atoms with Crippen molar-refractivity contribution in [3.8, 4) is 11.5 Å². The summed E-state index contributed by atoms with van der Waals surface area (Å²) in [6, 6.07) is 8.06. The zero-order chi connectivity index (χ0) is 18.4. The van der Waals surface area contributed by atoms with Crippen LogP contribution in [0.5, 0.6) is 11.5 Å². The minimum Gasteiger partial charge on any atom is -0.497 e. The number of esters is 1. The van der Waals surface area contributed by atoms with Crippen LogP contribution in [0, 0.1) is 5.82 Å². The Hall–Kier alpha value is -2.28. The molecule has 0 aromatic heterocycles. The first-order valence-corrected chi connectivity index (χ1v) is 8.40. The van der Waals surface area contributed by atoms with Crippen LogP contribution in [0.3, 0.4) is 0 Å². The second-order valence-electron chi connectivity index (χ2n) is 5.06. The Kier molecular flexibility index (Phi) is 6.64. The van der Waals surface area contributed by atoms with E-state index in [4.69, 9.17) is 14.2 Å². The number of methoxy groups -OCH3 is 2. The third-order valence-electron chi connectivity index (χ3n) is 3.52. The van der Waals surface area contributed by atoms with Crippen LogP contribution in [0.25, 0.3) is 0 Å². The standard InChI is InChI=1S/C18H19BrFNO4/c1-4-25-18(22)13-8-15(20)16(9-14(13)19)21-10-11-5-6-12(23-2)7-17(11)24-3/h5-9,21H,4,10H2,1-3H3. The summed E-state index contributed by atoms with van der Waals surface area (Å²) < 4.78 is 30.1. The number of rotatable bonds is 7. The molecule has 0 saturated carbocycles. The first-order chi connectivity index (χ1) is 12.0. The topological polar surface area (TPSA) is 56.8 Å². The van der Waals surface area contributed by atoms with Gasteiger partial charge in [0.1, 0.15) is 17.3 Å². The SMILES string of the molecule is CCOC(=O)c1cc(F)c(NCc2ccc(OC)cc2OC)cc1Br. The Morgan fingerprint density at radius 1 is 1.20 bits per heavy atom. The molecule has 2 rings (SSSR count). The zero-order valence-corrected chi connectivity index (χ0v) is 15.8. The van der Waals surface area contributed by atoms with Crippen molar-refractivity contribution < 1.29 is 23.4 Å². The average Bonchev–Trinajstić information content (AvgIpc) is 2.62. The lowest BCUT2D eigenvalue weighted by atomic mass is 10.1. The van der Waals surface area contributed by atoms with E-state index in [1.165, 1.54) is 6.07 Å². The molecule has 134 valence electrons. The summed E-state index contributed by atoms with van der Waals surface area (Å²) in [4.78, 5) is 11.8. The molecule has 0 aliphatic rings.